The fourth-order valence-corrected chi connectivity index (χ4v) is 2.71. The molecule has 0 atom stereocenters. The smallest absolute Gasteiger partial charge is 0.0457 e. The molecule has 0 saturated carbocycles. The Morgan fingerprint density at radius 3 is 2.72 bits per heavy atom. The van der Waals surface area contributed by atoms with Crippen LogP contribution in [0, 0.1) is 0 Å². The standard InChI is InChI=1S/C15H11BrClN/c16-12-5-6-15-13(8-12)11(9-18-15)7-10-3-1-2-4-14(10)17/h1-6,8-9,18H,7H2. The highest BCUT2D eigenvalue weighted by molar-refractivity contribution is 9.10. The van der Waals surface area contributed by atoms with E-state index in [0.29, 0.717) is 0 Å². The first-order valence-corrected chi connectivity index (χ1v) is 6.90. The minimum atomic E-state index is 0.821. The van der Waals surface area contributed by atoms with E-state index in [0.717, 1.165) is 27.0 Å². The van der Waals surface area contributed by atoms with Gasteiger partial charge in [0.1, 0.15) is 0 Å². The second-order valence-electron chi connectivity index (χ2n) is 4.27. The van der Waals surface area contributed by atoms with E-state index < -0.39 is 0 Å². The number of aromatic nitrogens is 1. The van der Waals surface area contributed by atoms with Crippen molar-refractivity contribution in [1.82, 2.24) is 4.98 Å². The molecule has 1 nitrogen and oxygen atoms in total. The molecule has 0 spiro atoms. The summed E-state index contributed by atoms with van der Waals surface area (Å²) in [7, 11) is 0. The molecule has 1 aromatic heterocycles. The Hall–Kier alpha value is -1.25. The van der Waals surface area contributed by atoms with Crippen LogP contribution in [-0.2, 0) is 6.42 Å². The second-order valence-corrected chi connectivity index (χ2v) is 5.59. The predicted molar refractivity (Wildman–Crippen MR) is 80.3 cm³/mol. The van der Waals surface area contributed by atoms with E-state index in [4.69, 9.17) is 11.6 Å². The van der Waals surface area contributed by atoms with E-state index in [9.17, 15) is 0 Å². The van der Waals surface area contributed by atoms with Gasteiger partial charge in [0.2, 0.25) is 0 Å². The van der Waals surface area contributed by atoms with Gasteiger partial charge in [-0.25, -0.2) is 0 Å². The maximum atomic E-state index is 6.20. The van der Waals surface area contributed by atoms with Gasteiger partial charge in [0.05, 0.1) is 0 Å². The molecule has 0 fully saturated rings. The average Bonchev–Trinajstić information content (AvgIpc) is 2.75. The molecule has 0 aliphatic carbocycles. The van der Waals surface area contributed by atoms with E-state index in [1.807, 2.05) is 24.3 Å². The average molecular weight is 321 g/mol. The molecule has 1 heterocycles. The van der Waals surface area contributed by atoms with Crippen LogP contribution in [0.25, 0.3) is 10.9 Å². The topological polar surface area (TPSA) is 15.8 Å². The van der Waals surface area contributed by atoms with Crippen LogP contribution in [0.4, 0.5) is 0 Å². The number of fused-ring (bicyclic) bond motifs is 1. The van der Waals surface area contributed by atoms with Gasteiger partial charge in [0.15, 0.2) is 0 Å². The van der Waals surface area contributed by atoms with Crippen molar-refractivity contribution in [3.05, 3.63) is 69.3 Å². The zero-order valence-corrected chi connectivity index (χ0v) is 11.9. The molecule has 1 N–H and O–H groups in total. The van der Waals surface area contributed by atoms with Crippen molar-refractivity contribution in [3.63, 3.8) is 0 Å². The Kier molecular flexibility index (Phi) is 3.14. The molecule has 90 valence electrons. The van der Waals surface area contributed by atoms with Crippen LogP contribution in [0.3, 0.4) is 0 Å². The largest absolute Gasteiger partial charge is 0.361 e. The lowest BCUT2D eigenvalue weighted by Gasteiger charge is -2.03. The predicted octanol–water partition coefficient (Wildman–Crippen LogP) is 5.17. The molecule has 0 bridgehead atoms. The van der Waals surface area contributed by atoms with Crippen molar-refractivity contribution < 1.29 is 0 Å². The number of nitrogens with one attached hydrogen (secondary N) is 1. The van der Waals surface area contributed by atoms with Crippen molar-refractivity contribution in [2.24, 2.45) is 0 Å². The van der Waals surface area contributed by atoms with Gasteiger partial charge in [-0.3, -0.25) is 0 Å². The Labute approximate surface area is 119 Å². The molecule has 3 aromatic rings. The molecular formula is C15H11BrClN. The van der Waals surface area contributed by atoms with Crippen LogP contribution in [0.15, 0.2) is 53.1 Å². The summed E-state index contributed by atoms with van der Waals surface area (Å²) in [6.07, 6.45) is 2.90. The third-order valence-corrected chi connectivity index (χ3v) is 3.93. The Morgan fingerprint density at radius 1 is 1.06 bits per heavy atom. The number of halogens is 2. The Morgan fingerprint density at radius 2 is 1.89 bits per heavy atom. The van der Waals surface area contributed by atoms with Crippen LogP contribution < -0.4 is 0 Å². The summed E-state index contributed by atoms with van der Waals surface area (Å²) in [5.41, 5.74) is 3.57. The van der Waals surface area contributed by atoms with E-state index >= 15 is 0 Å². The summed E-state index contributed by atoms with van der Waals surface area (Å²) in [5.74, 6) is 0. The first-order valence-electron chi connectivity index (χ1n) is 5.73. The molecule has 0 aliphatic heterocycles. The SMILES string of the molecule is Clc1ccccc1Cc1c[nH]c2ccc(Br)cc12. The van der Waals surface area contributed by atoms with Gasteiger partial charge in [-0.05, 0) is 35.4 Å². The van der Waals surface area contributed by atoms with Crippen LogP contribution in [-0.4, -0.2) is 4.98 Å². The summed E-state index contributed by atoms with van der Waals surface area (Å²) < 4.78 is 1.09. The summed E-state index contributed by atoms with van der Waals surface area (Å²) in [4.78, 5) is 3.29. The van der Waals surface area contributed by atoms with Gasteiger partial charge in [-0.2, -0.15) is 0 Å². The third-order valence-electron chi connectivity index (χ3n) is 3.07. The van der Waals surface area contributed by atoms with Crippen molar-refractivity contribution in [3.8, 4) is 0 Å². The Bertz CT molecular complexity index is 703. The number of benzene rings is 2. The normalized spacial score (nSPS) is 11.0. The van der Waals surface area contributed by atoms with Gasteiger partial charge >= 0.3 is 0 Å². The molecule has 0 saturated heterocycles. The maximum Gasteiger partial charge on any atom is 0.0457 e. The van der Waals surface area contributed by atoms with E-state index in [2.05, 4.69) is 45.3 Å². The summed E-state index contributed by atoms with van der Waals surface area (Å²) in [5, 5.41) is 2.06. The molecule has 2 aromatic carbocycles. The van der Waals surface area contributed by atoms with Crippen molar-refractivity contribution in [2.45, 2.75) is 6.42 Å². The fourth-order valence-electron chi connectivity index (χ4n) is 2.14. The number of aromatic amines is 1. The molecule has 3 heteroatoms. The molecule has 0 unspecified atom stereocenters. The van der Waals surface area contributed by atoms with Crippen molar-refractivity contribution in [1.29, 1.82) is 0 Å². The highest BCUT2D eigenvalue weighted by Gasteiger charge is 2.07. The van der Waals surface area contributed by atoms with Gasteiger partial charge in [-0.15, -0.1) is 0 Å². The lowest BCUT2D eigenvalue weighted by atomic mass is 10.0. The van der Waals surface area contributed by atoms with Crippen LogP contribution in [0.2, 0.25) is 5.02 Å². The minimum Gasteiger partial charge on any atom is -0.361 e. The molecule has 0 radical (unpaired) electrons. The van der Waals surface area contributed by atoms with E-state index in [-0.39, 0.29) is 0 Å². The summed E-state index contributed by atoms with van der Waals surface area (Å²) >= 11 is 9.72. The Balaban J connectivity index is 2.05. The van der Waals surface area contributed by atoms with Gasteiger partial charge < -0.3 is 4.98 Å². The minimum absolute atomic E-state index is 0.821. The zero-order chi connectivity index (χ0) is 12.5. The van der Waals surface area contributed by atoms with Crippen LogP contribution in [0.1, 0.15) is 11.1 Å². The highest BCUT2D eigenvalue weighted by atomic mass is 79.9. The molecular weight excluding hydrogens is 310 g/mol. The van der Waals surface area contributed by atoms with Crippen molar-refractivity contribution in [2.75, 3.05) is 0 Å². The third kappa shape index (κ3) is 2.18. The lowest BCUT2D eigenvalue weighted by molar-refractivity contribution is 1.21. The summed E-state index contributed by atoms with van der Waals surface area (Å²) in [6.45, 7) is 0. The monoisotopic (exact) mass is 319 g/mol. The molecule has 18 heavy (non-hydrogen) atoms. The van der Waals surface area contributed by atoms with Gasteiger partial charge in [0, 0.05) is 33.0 Å². The maximum absolute atomic E-state index is 6.20. The van der Waals surface area contributed by atoms with Crippen LogP contribution in [0.5, 0.6) is 0 Å². The number of hydrogen-bond acceptors (Lipinski definition) is 0. The van der Waals surface area contributed by atoms with Gasteiger partial charge in [-0.1, -0.05) is 45.7 Å². The zero-order valence-electron chi connectivity index (χ0n) is 9.58. The highest BCUT2D eigenvalue weighted by Crippen LogP contribution is 2.26. The molecule has 3 rings (SSSR count). The quantitative estimate of drug-likeness (QED) is 0.670. The second kappa shape index (κ2) is 4.79. The first kappa shape index (κ1) is 11.8. The van der Waals surface area contributed by atoms with Gasteiger partial charge in [0.25, 0.3) is 0 Å². The fraction of sp³-hybridized carbons (Fsp3) is 0.0667. The van der Waals surface area contributed by atoms with Crippen LogP contribution >= 0.6 is 27.5 Å². The van der Waals surface area contributed by atoms with Crippen molar-refractivity contribution >= 4 is 38.4 Å². The molecule has 0 aliphatic rings. The van der Waals surface area contributed by atoms with E-state index in [1.54, 1.807) is 0 Å². The number of rotatable bonds is 2. The number of H-pyrrole nitrogens is 1. The lowest BCUT2D eigenvalue weighted by Crippen LogP contribution is -1.87. The number of hydrogen-bond donors (Lipinski definition) is 1. The first-order chi connectivity index (χ1) is 8.74. The van der Waals surface area contributed by atoms with E-state index in [1.165, 1.54) is 10.9 Å². The molecule has 0 amide bonds. The summed E-state index contributed by atoms with van der Waals surface area (Å²) in [6, 6.07) is 14.2.